The van der Waals surface area contributed by atoms with Crippen LogP contribution in [0.5, 0.6) is 11.5 Å². The molecule has 182 valence electrons. The second-order valence-corrected chi connectivity index (χ2v) is 9.19. The second kappa shape index (κ2) is 9.72. The maximum Gasteiger partial charge on any atom is 0.161 e. The van der Waals surface area contributed by atoms with Crippen LogP contribution in [0.3, 0.4) is 0 Å². The summed E-state index contributed by atoms with van der Waals surface area (Å²) in [6, 6.07) is 9.41. The Labute approximate surface area is 205 Å². The Kier molecular flexibility index (Phi) is 6.50. The zero-order chi connectivity index (χ0) is 24.5. The van der Waals surface area contributed by atoms with E-state index in [0.29, 0.717) is 30.7 Å². The molecule has 0 bridgehead atoms. The number of fused-ring (bicyclic) bond motifs is 6. The molecule has 35 heavy (non-hydrogen) atoms. The van der Waals surface area contributed by atoms with Crippen molar-refractivity contribution in [1.82, 2.24) is 9.47 Å². The third-order valence-electron chi connectivity index (χ3n) is 7.13. The largest absolute Gasteiger partial charge is 0.493 e. The molecule has 0 aliphatic carbocycles. The van der Waals surface area contributed by atoms with Crippen LogP contribution >= 0.6 is 0 Å². The third kappa shape index (κ3) is 4.17. The normalized spacial score (nSPS) is 17.8. The smallest absolute Gasteiger partial charge is 0.161 e. The minimum atomic E-state index is -0.233. The van der Waals surface area contributed by atoms with Gasteiger partial charge in [0, 0.05) is 30.2 Å². The summed E-state index contributed by atoms with van der Waals surface area (Å²) in [7, 11) is 1.66. The molecule has 0 amide bonds. The van der Waals surface area contributed by atoms with Crippen LogP contribution in [-0.4, -0.2) is 34.8 Å². The summed E-state index contributed by atoms with van der Waals surface area (Å²) in [5.41, 5.74) is 6.29. The zero-order valence-corrected chi connectivity index (χ0v) is 20.3. The Morgan fingerprint density at radius 2 is 2.11 bits per heavy atom. The fourth-order valence-corrected chi connectivity index (χ4v) is 5.44. The highest BCUT2D eigenvalue weighted by Crippen LogP contribution is 2.45. The lowest BCUT2D eigenvalue weighted by molar-refractivity contribution is 0.145. The van der Waals surface area contributed by atoms with Gasteiger partial charge in [-0.25, -0.2) is 4.39 Å². The number of nitrogens with zero attached hydrogens (tertiary/aromatic N) is 2. The Morgan fingerprint density at radius 1 is 1.26 bits per heavy atom. The summed E-state index contributed by atoms with van der Waals surface area (Å²) in [6.45, 7) is 7.59. The van der Waals surface area contributed by atoms with Gasteiger partial charge in [0.2, 0.25) is 0 Å². The van der Waals surface area contributed by atoms with Crippen molar-refractivity contribution < 1.29 is 19.0 Å². The molecular formula is C29H31FN2O3. The van der Waals surface area contributed by atoms with Crippen molar-refractivity contribution in [1.29, 1.82) is 0 Å². The standard InChI is InChI=1S/C29H31FN2O3/c1-4-5-6-8-19(2)17-35-28-13-20-11-12-31-16-26-22(14-25(31)21(20)15-27(28)34-3)29-23(30)9-7-10-24(29)32(26)18-33/h4-10,13,15,25,33H,1,11-12,14,16-18H2,2-3H3/b6-5-,19-8+. The third-order valence-corrected chi connectivity index (χ3v) is 7.13. The highest BCUT2D eigenvalue weighted by Gasteiger charge is 2.36. The molecule has 2 aromatic carbocycles. The van der Waals surface area contributed by atoms with Crippen LogP contribution in [0.4, 0.5) is 4.39 Å². The first-order chi connectivity index (χ1) is 17.0. The van der Waals surface area contributed by atoms with E-state index in [9.17, 15) is 9.50 Å². The monoisotopic (exact) mass is 474 g/mol. The predicted molar refractivity (Wildman–Crippen MR) is 136 cm³/mol. The van der Waals surface area contributed by atoms with E-state index in [1.165, 1.54) is 17.2 Å². The van der Waals surface area contributed by atoms with Crippen molar-refractivity contribution >= 4 is 10.9 Å². The van der Waals surface area contributed by atoms with Crippen molar-refractivity contribution in [3.05, 3.63) is 95.0 Å². The van der Waals surface area contributed by atoms with Crippen molar-refractivity contribution in [2.24, 2.45) is 0 Å². The summed E-state index contributed by atoms with van der Waals surface area (Å²) < 4.78 is 28.6. The maximum atomic E-state index is 14.9. The number of aromatic nitrogens is 1. The average Bonchev–Trinajstić information content (AvgIpc) is 3.19. The van der Waals surface area contributed by atoms with Gasteiger partial charge in [-0.1, -0.05) is 36.9 Å². The van der Waals surface area contributed by atoms with Gasteiger partial charge < -0.3 is 19.1 Å². The number of aliphatic hydroxyl groups is 1. The molecule has 5 nitrogen and oxygen atoms in total. The average molecular weight is 475 g/mol. The van der Waals surface area contributed by atoms with Gasteiger partial charge in [0.05, 0.1) is 12.6 Å². The van der Waals surface area contributed by atoms with Crippen molar-refractivity contribution in [2.45, 2.75) is 39.1 Å². The highest BCUT2D eigenvalue weighted by molar-refractivity contribution is 5.86. The van der Waals surface area contributed by atoms with Crippen LogP contribution in [0, 0.1) is 5.82 Å². The van der Waals surface area contributed by atoms with Gasteiger partial charge in [-0.2, -0.15) is 0 Å². The number of allylic oxidation sites excluding steroid dienone is 4. The number of halogens is 1. The van der Waals surface area contributed by atoms with Gasteiger partial charge >= 0.3 is 0 Å². The quantitative estimate of drug-likeness (QED) is 0.462. The number of rotatable bonds is 7. The molecule has 0 saturated heterocycles. The second-order valence-electron chi connectivity index (χ2n) is 9.19. The lowest BCUT2D eigenvalue weighted by atomic mass is 9.85. The first-order valence-corrected chi connectivity index (χ1v) is 12.0. The van der Waals surface area contributed by atoms with E-state index in [2.05, 4.69) is 23.6 Å². The number of benzene rings is 2. The summed E-state index contributed by atoms with van der Waals surface area (Å²) in [4.78, 5) is 2.42. The van der Waals surface area contributed by atoms with Crippen LogP contribution < -0.4 is 9.47 Å². The number of hydrogen-bond donors (Lipinski definition) is 1. The molecule has 2 aliphatic rings. The van der Waals surface area contributed by atoms with Crippen LogP contribution in [0.25, 0.3) is 10.9 Å². The van der Waals surface area contributed by atoms with Crippen LogP contribution in [0.1, 0.15) is 35.3 Å². The Balaban J connectivity index is 1.48. The fourth-order valence-electron chi connectivity index (χ4n) is 5.44. The molecule has 1 aromatic heterocycles. The molecule has 0 spiro atoms. The summed E-state index contributed by atoms with van der Waals surface area (Å²) in [6.07, 6.45) is 9.16. The molecular weight excluding hydrogens is 443 g/mol. The van der Waals surface area contributed by atoms with E-state index in [1.54, 1.807) is 19.3 Å². The van der Waals surface area contributed by atoms with Gasteiger partial charge in [-0.15, -0.1) is 0 Å². The van der Waals surface area contributed by atoms with Crippen LogP contribution in [-0.2, 0) is 26.1 Å². The Bertz CT molecular complexity index is 1340. The predicted octanol–water partition coefficient (Wildman–Crippen LogP) is 5.46. The number of hydrogen-bond acceptors (Lipinski definition) is 4. The molecule has 1 atom stereocenters. The van der Waals surface area contributed by atoms with Crippen molar-refractivity contribution in [3.63, 3.8) is 0 Å². The topological polar surface area (TPSA) is 46.9 Å². The van der Waals surface area contributed by atoms with E-state index >= 15 is 0 Å². The molecule has 0 saturated carbocycles. The molecule has 0 radical (unpaired) electrons. The van der Waals surface area contributed by atoms with Gasteiger partial charge in [0.1, 0.15) is 19.2 Å². The molecule has 3 aromatic rings. The van der Waals surface area contributed by atoms with E-state index in [4.69, 9.17) is 9.47 Å². The van der Waals surface area contributed by atoms with Gasteiger partial charge in [-0.05, 0) is 66.3 Å². The number of ether oxygens (including phenoxy) is 2. The number of aliphatic hydroxyl groups excluding tert-OH is 1. The van der Waals surface area contributed by atoms with Gasteiger partial charge in [0.15, 0.2) is 11.5 Å². The minimum absolute atomic E-state index is 0.122. The SMILES string of the molecule is C=C/C=C\C=C(/C)COc1cc2c(cc1OC)C1Cc3c(n(CO)c4cccc(F)c34)CN1CC2. The summed E-state index contributed by atoms with van der Waals surface area (Å²) in [5.74, 6) is 1.21. The maximum absolute atomic E-state index is 14.9. The fraction of sp³-hybridized carbons (Fsp3) is 0.310. The van der Waals surface area contributed by atoms with Crippen LogP contribution in [0.15, 0.2) is 66.8 Å². The molecule has 6 heteroatoms. The molecule has 3 heterocycles. The van der Waals surface area contributed by atoms with Crippen molar-refractivity contribution in [2.75, 3.05) is 20.3 Å². The molecule has 2 aliphatic heterocycles. The first-order valence-electron chi connectivity index (χ1n) is 12.0. The summed E-state index contributed by atoms with van der Waals surface area (Å²) >= 11 is 0. The highest BCUT2D eigenvalue weighted by atomic mass is 19.1. The molecule has 1 unspecified atom stereocenters. The zero-order valence-electron chi connectivity index (χ0n) is 20.3. The molecule has 1 N–H and O–H groups in total. The minimum Gasteiger partial charge on any atom is -0.493 e. The van der Waals surface area contributed by atoms with Crippen molar-refractivity contribution in [3.8, 4) is 11.5 Å². The van der Waals surface area contributed by atoms with E-state index < -0.39 is 0 Å². The lowest BCUT2D eigenvalue weighted by Crippen LogP contribution is -2.40. The number of methoxy groups -OCH3 is 1. The Morgan fingerprint density at radius 3 is 2.89 bits per heavy atom. The molecule has 0 fully saturated rings. The van der Waals surface area contributed by atoms with Gasteiger partial charge in [-0.3, -0.25) is 4.90 Å². The Hall–Kier alpha value is -3.35. The van der Waals surface area contributed by atoms with Crippen LogP contribution in [0.2, 0.25) is 0 Å². The summed E-state index contributed by atoms with van der Waals surface area (Å²) in [5, 5.41) is 10.7. The van der Waals surface area contributed by atoms with E-state index in [0.717, 1.165) is 41.1 Å². The molecule has 5 rings (SSSR count). The van der Waals surface area contributed by atoms with E-state index in [1.807, 2.05) is 35.8 Å². The van der Waals surface area contributed by atoms with Gasteiger partial charge in [0.25, 0.3) is 0 Å². The first kappa shape index (κ1) is 23.4. The van der Waals surface area contributed by atoms with E-state index in [-0.39, 0.29) is 18.6 Å². The lowest BCUT2D eigenvalue weighted by Gasteiger charge is -2.41.